The minimum absolute atomic E-state index is 0.753. The SMILES string of the molecule is CCCN(Cc1csc(Br)c1)C1CNC1. The van der Waals surface area contributed by atoms with E-state index < -0.39 is 0 Å². The third-order valence-electron chi connectivity index (χ3n) is 2.79. The minimum Gasteiger partial charge on any atom is -0.314 e. The van der Waals surface area contributed by atoms with Crippen LogP contribution >= 0.6 is 27.3 Å². The second kappa shape index (κ2) is 5.43. The molecule has 1 aromatic heterocycles. The van der Waals surface area contributed by atoms with E-state index in [0.717, 1.165) is 25.7 Å². The van der Waals surface area contributed by atoms with E-state index in [1.807, 2.05) is 0 Å². The van der Waals surface area contributed by atoms with Crippen LogP contribution in [-0.2, 0) is 6.54 Å². The smallest absolute Gasteiger partial charge is 0.0701 e. The molecular weight excluding hydrogens is 272 g/mol. The lowest BCUT2D eigenvalue weighted by Crippen LogP contribution is -2.56. The molecule has 84 valence electrons. The number of halogens is 1. The molecular formula is C11H17BrN2S. The van der Waals surface area contributed by atoms with Crippen molar-refractivity contribution in [2.75, 3.05) is 19.6 Å². The fraction of sp³-hybridized carbons (Fsp3) is 0.636. The first-order valence-electron chi connectivity index (χ1n) is 5.47. The first-order valence-corrected chi connectivity index (χ1v) is 7.14. The summed E-state index contributed by atoms with van der Waals surface area (Å²) in [6.07, 6.45) is 1.24. The molecule has 2 heterocycles. The fourth-order valence-corrected chi connectivity index (χ4v) is 3.07. The second-order valence-corrected chi connectivity index (χ2v) is 6.33. The van der Waals surface area contributed by atoms with Crippen LogP contribution in [0.25, 0.3) is 0 Å². The quantitative estimate of drug-likeness (QED) is 0.896. The average molecular weight is 289 g/mol. The Morgan fingerprint density at radius 2 is 2.40 bits per heavy atom. The molecule has 2 rings (SSSR count). The summed E-state index contributed by atoms with van der Waals surface area (Å²) in [5, 5.41) is 5.59. The Balaban J connectivity index is 1.93. The van der Waals surface area contributed by atoms with E-state index in [2.05, 4.69) is 44.5 Å². The van der Waals surface area contributed by atoms with Crippen LogP contribution in [0.15, 0.2) is 15.2 Å². The highest BCUT2D eigenvalue weighted by Crippen LogP contribution is 2.22. The summed E-state index contributed by atoms with van der Waals surface area (Å²) in [4.78, 5) is 2.59. The second-order valence-electron chi connectivity index (χ2n) is 4.04. The van der Waals surface area contributed by atoms with Gasteiger partial charge in [0.2, 0.25) is 0 Å². The molecule has 0 unspecified atom stereocenters. The number of hydrogen-bond acceptors (Lipinski definition) is 3. The summed E-state index contributed by atoms with van der Waals surface area (Å²) < 4.78 is 1.24. The molecule has 0 saturated carbocycles. The van der Waals surface area contributed by atoms with Crippen molar-refractivity contribution in [1.29, 1.82) is 0 Å². The monoisotopic (exact) mass is 288 g/mol. The predicted molar refractivity (Wildman–Crippen MR) is 69.4 cm³/mol. The molecule has 0 aromatic carbocycles. The largest absolute Gasteiger partial charge is 0.314 e. The highest BCUT2D eigenvalue weighted by Gasteiger charge is 2.23. The molecule has 15 heavy (non-hydrogen) atoms. The molecule has 1 N–H and O–H groups in total. The van der Waals surface area contributed by atoms with E-state index in [1.165, 1.54) is 22.3 Å². The summed E-state index contributed by atoms with van der Waals surface area (Å²) >= 11 is 5.29. The van der Waals surface area contributed by atoms with E-state index in [0.29, 0.717) is 0 Å². The lowest BCUT2D eigenvalue weighted by Gasteiger charge is -2.38. The molecule has 1 aliphatic heterocycles. The summed E-state index contributed by atoms with van der Waals surface area (Å²) in [6.45, 7) is 6.88. The fourth-order valence-electron chi connectivity index (χ4n) is 1.87. The van der Waals surface area contributed by atoms with Crippen LogP contribution in [0.5, 0.6) is 0 Å². The van der Waals surface area contributed by atoms with Crippen molar-refractivity contribution in [3.63, 3.8) is 0 Å². The zero-order valence-corrected chi connectivity index (χ0v) is 11.4. The molecule has 0 atom stereocenters. The van der Waals surface area contributed by atoms with Crippen molar-refractivity contribution >= 4 is 27.3 Å². The van der Waals surface area contributed by atoms with Gasteiger partial charge in [-0.3, -0.25) is 4.90 Å². The highest BCUT2D eigenvalue weighted by atomic mass is 79.9. The molecule has 0 radical (unpaired) electrons. The number of nitrogens with zero attached hydrogens (tertiary/aromatic N) is 1. The highest BCUT2D eigenvalue weighted by molar-refractivity contribution is 9.11. The third-order valence-corrected chi connectivity index (χ3v) is 4.35. The number of thiophene rings is 1. The lowest BCUT2D eigenvalue weighted by molar-refractivity contribution is 0.138. The maximum Gasteiger partial charge on any atom is 0.0701 e. The normalized spacial score (nSPS) is 17.0. The Bertz CT molecular complexity index is 309. The van der Waals surface area contributed by atoms with E-state index in [9.17, 15) is 0 Å². The Labute approximate surface area is 104 Å². The van der Waals surface area contributed by atoms with Crippen molar-refractivity contribution in [2.24, 2.45) is 0 Å². The van der Waals surface area contributed by atoms with Gasteiger partial charge in [0.15, 0.2) is 0 Å². The van der Waals surface area contributed by atoms with Crippen molar-refractivity contribution in [3.05, 3.63) is 20.8 Å². The standard InChI is InChI=1S/C11H17BrN2S/c1-2-3-14(10-5-13-6-10)7-9-4-11(12)15-8-9/h4,8,10,13H,2-3,5-7H2,1H3. The summed E-state index contributed by atoms with van der Waals surface area (Å²) in [5.41, 5.74) is 1.44. The molecule has 0 spiro atoms. The van der Waals surface area contributed by atoms with Gasteiger partial charge in [-0.05, 0) is 45.9 Å². The zero-order valence-electron chi connectivity index (χ0n) is 9.00. The van der Waals surface area contributed by atoms with Gasteiger partial charge in [-0.15, -0.1) is 11.3 Å². The maximum absolute atomic E-state index is 3.52. The Morgan fingerprint density at radius 1 is 1.60 bits per heavy atom. The van der Waals surface area contributed by atoms with Crippen molar-refractivity contribution in [2.45, 2.75) is 25.9 Å². The third kappa shape index (κ3) is 3.03. The van der Waals surface area contributed by atoms with E-state index >= 15 is 0 Å². The number of nitrogens with one attached hydrogen (secondary N) is 1. The van der Waals surface area contributed by atoms with Crippen molar-refractivity contribution in [1.82, 2.24) is 10.2 Å². The van der Waals surface area contributed by atoms with Gasteiger partial charge >= 0.3 is 0 Å². The Morgan fingerprint density at radius 3 is 2.87 bits per heavy atom. The van der Waals surface area contributed by atoms with Crippen LogP contribution < -0.4 is 5.32 Å². The molecule has 0 aliphatic carbocycles. The molecule has 1 aromatic rings. The molecule has 0 amide bonds. The minimum atomic E-state index is 0.753. The first kappa shape index (κ1) is 11.6. The number of rotatable bonds is 5. The summed E-state index contributed by atoms with van der Waals surface area (Å²) in [5.74, 6) is 0. The average Bonchev–Trinajstić information content (AvgIpc) is 2.48. The molecule has 1 fully saturated rings. The van der Waals surface area contributed by atoms with E-state index in [1.54, 1.807) is 11.3 Å². The summed E-state index contributed by atoms with van der Waals surface area (Å²) in [6, 6.07) is 2.99. The molecule has 1 aliphatic rings. The van der Waals surface area contributed by atoms with Gasteiger partial charge in [-0.2, -0.15) is 0 Å². The van der Waals surface area contributed by atoms with Gasteiger partial charge in [0.25, 0.3) is 0 Å². The van der Waals surface area contributed by atoms with E-state index in [-0.39, 0.29) is 0 Å². The zero-order chi connectivity index (χ0) is 10.7. The molecule has 2 nitrogen and oxygen atoms in total. The molecule has 1 saturated heterocycles. The molecule has 4 heteroatoms. The van der Waals surface area contributed by atoms with Crippen LogP contribution in [0, 0.1) is 0 Å². The van der Waals surface area contributed by atoms with Crippen LogP contribution in [0.1, 0.15) is 18.9 Å². The van der Waals surface area contributed by atoms with Gasteiger partial charge in [-0.1, -0.05) is 6.92 Å². The van der Waals surface area contributed by atoms with Gasteiger partial charge in [0, 0.05) is 25.7 Å². The van der Waals surface area contributed by atoms with E-state index in [4.69, 9.17) is 0 Å². The van der Waals surface area contributed by atoms with Crippen LogP contribution in [0.2, 0.25) is 0 Å². The van der Waals surface area contributed by atoms with Crippen LogP contribution in [0.3, 0.4) is 0 Å². The topological polar surface area (TPSA) is 15.3 Å². The van der Waals surface area contributed by atoms with Gasteiger partial charge in [-0.25, -0.2) is 0 Å². The van der Waals surface area contributed by atoms with Crippen molar-refractivity contribution < 1.29 is 0 Å². The predicted octanol–water partition coefficient (Wildman–Crippen LogP) is 2.69. The molecule has 0 bridgehead atoms. The van der Waals surface area contributed by atoms with Crippen molar-refractivity contribution in [3.8, 4) is 0 Å². The van der Waals surface area contributed by atoms with Crippen LogP contribution in [-0.4, -0.2) is 30.6 Å². The Kier molecular flexibility index (Phi) is 4.20. The van der Waals surface area contributed by atoms with Gasteiger partial charge in [0.1, 0.15) is 0 Å². The Hall–Kier alpha value is 0.1000. The van der Waals surface area contributed by atoms with Crippen LogP contribution in [0.4, 0.5) is 0 Å². The lowest BCUT2D eigenvalue weighted by atomic mass is 10.1. The number of hydrogen-bond donors (Lipinski definition) is 1. The van der Waals surface area contributed by atoms with Gasteiger partial charge in [0.05, 0.1) is 3.79 Å². The maximum atomic E-state index is 3.52. The first-order chi connectivity index (χ1) is 7.29. The summed E-state index contributed by atoms with van der Waals surface area (Å²) in [7, 11) is 0. The van der Waals surface area contributed by atoms with Gasteiger partial charge < -0.3 is 5.32 Å².